The monoisotopic (exact) mass is 430 g/mol. The molecule has 2 heterocycles. The van der Waals surface area contributed by atoms with Gasteiger partial charge in [-0.2, -0.15) is 0 Å². The van der Waals surface area contributed by atoms with Crippen molar-refractivity contribution in [2.75, 3.05) is 18.5 Å². The summed E-state index contributed by atoms with van der Waals surface area (Å²) >= 11 is 1.00. The molecule has 0 radical (unpaired) electrons. The van der Waals surface area contributed by atoms with Crippen LogP contribution in [0.1, 0.15) is 34.3 Å². The van der Waals surface area contributed by atoms with Gasteiger partial charge < -0.3 is 15.4 Å². The van der Waals surface area contributed by atoms with Crippen LogP contribution in [0.25, 0.3) is 0 Å². The molecule has 10 heteroatoms. The van der Waals surface area contributed by atoms with Crippen LogP contribution in [0.2, 0.25) is 0 Å². The summed E-state index contributed by atoms with van der Waals surface area (Å²) in [6, 6.07) is 8.07. The fourth-order valence-electron chi connectivity index (χ4n) is 3.00. The van der Waals surface area contributed by atoms with Crippen LogP contribution >= 0.6 is 11.3 Å². The Morgan fingerprint density at radius 2 is 2.00 bits per heavy atom. The van der Waals surface area contributed by atoms with Gasteiger partial charge in [-0.05, 0) is 25.8 Å². The van der Waals surface area contributed by atoms with E-state index in [9.17, 15) is 19.2 Å². The first-order chi connectivity index (χ1) is 14.4. The first kappa shape index (κ1) is 21.4. The van der Waals surface area contributed by atoms with Gasteiger partial charge in [-0.25, -0.2) is 14.6 Å². The van der Waals surface area contributed by atoms with Gasteiger partial charge in [0.15, 0.2) is 5.13 Å². The van der Waals surface area contributed by atoms with Gasteiger partial charge in [-0.15, -0.1) is 0 Å². The maximum atomic E-state index is 12.5. The number of carbonyl (C=O) groups excluding carboxylic acids is 4. The zero-order valence-electron chi connectivity index (χ0n) is 16.6. The van der Waals surface area contributed by atoms with E-state index in [4.69, 9.17) is 4.74 Å². The Balaban J connectivity index is 1.55. The van der Waals surface area contributed by atoms with Crippen LogP contribution in [0.4, 0.5) is 9.93 Å². The number of thiazole rings is 1. The highest BCUT2D eigenvalue weighted by molar-refractivity contribution is 7.17. The number of aromatic nitrogens is 1. The standard InChI is InChI=1S/C20H22N4O5S/c1-3-29-18(27)16-12(2)21-19(30-16)23-15(25)11-14-17(26)24(20(28)22-14)10-9-13-7-5-4-6-8-13/h4-8,14H,3,9-11H2,1-2H3,(H,22,28)(H,21,23,25). The Bertz CT molecular complexity index is 959. The molecule has 30 heavy (non-hydrogen) atoms. The number of ether oxygens (including phenoxy) is 1. The number of hydrogen-bond acceptors (Lipinski definition) is 7. The molecule has 1 aromatic heterocycles. The smallest absolute Gasteiger partial charge is 0.350 e. The van der Waals surface area contributed by atoms with E-state index < -0.39 is 29.9 Å². The van der Waals surface area contributed by atoms with Gasteiger partial charge in [0, 0.05) is 6.54 Å². The van der Waals surface area contributed by atoms with Crippen LogP contribution in [0, 0.1) is 6.92 Å². The van der Waals surface area contributed by atoms with E-state index in [1.54, 1.807) is 13.8 Å². The Hall–Kier alpha value is -3.27. The number of carbonyl (C=O) groups is 4. The summed E-state index contributed by atoms with van der Waals surface area (Å²) in [5.74, 6) is -1.42. The van der Waals surface area contributed by atoms with Gasteiger partial charge in [0.2, 0.25) is 5.91 Å². The molecule has 0 bridgehead atoms. The van der Waals surface area contributed by atoms with Crippen LogP contribution in [-0.2, 0) is 20.7 Å². The fraction of sp³-hybridized carbons (Fsp3) is 0.350. The third kappa shape index (κ3) is 5.01. The third-order valence-electron chi connectivity index (χ3n) is 4.47. The summed E-state index contributed by atoms with van der Waals surface area (Å²) in [5.41, 5.74) is 1.46. The molecule has 0 aliphatic carbocycles. The molecule has 1 aromatic carbocycles. The van der Waals surface area contributed by atoms with Gasteiger partial charge >= 0.3 is 12.0 Å². The van der Waals surface area contributed by atoms with Crippen molar-refractivity contribution < 1.29 is 23.9 Å². The highest BCUT2D eigenvalue weighted by Gasteiger charge is 2.38. The minimum Gasteiger partial charge on any atom is -0.462 e. The normalized spacial score (nSPS) is 15.8. The molecule has 1 fully saturated rings. The number of anilines is 1. The average Bonchev–Trinajstić information content (AvgIpc) is 3.20. The van der Waals surface area contributed by atoms with Gasteiger partial charge in [-0.1, -0.05) is 41.7 Å². The molecule has 0 saturated carbocycles. The van der Waals surface area contributed by atoms with Crippen molar-refractivity contribution in [2.45, 2.75) is 32.7 Å². The Labute approximate surface area is 177 Å². The number of hydrogen-bond donors (Lipinski definition) is 2. The van der Waals surface area contributed by atoms with E-state index in [0.717, 1.165) is 21.8 Å². The topological polar surface area (TPSA) is 118 Å². The van der Waals surface area contributed by atoms with Crippen molar-refractivity contribution in [1.29, 1.82) is 0 Å². The predicted octanol–water partition coefficient (Wildman–Crippen LogP) is 2.12. The zero-order valence-corrected chi connectivity index (χ0v) is 17.5. The highest BCUT2D eigenvalue weighted by Crippen LogP contribution is 2.24. The second-order valence-corrected chi connectivity index (χ2v) is 7.63. The summed E-state index contributed by atoms with van der Waals surface area (Å²) in [6.45, 7) is 3.82. The molecule has 2 aromatic rings. The van der Waals surface area contributed by atoms with Gasteiger partial charge in [-0.3, -0.25) is 14.5 Å². The van der Waals surface area contributed by atoms with Crippen LogP contribution < -0.4 is 10.6 Å². The van der Waals surface area contributed by atoms with Crippen molar-refractivity contribution in [3.8, 4) is 0 Å². The number of aryl methyl sites for hydroxylation is 1. The molecule has 1 saturated heterocycles. The summed E-state index contributed by atoms with van der Waals surface area (Å²) in [6.07, 6.45) is 0.313. The number of benzene rings is 1. The van der Waals surface area contributed by atoms with Crippen LogP contribution in [-0.4, -0.2) is 52.9 Å². The van der Waals surface area contributed by atoms with E-state index in [1.165, 1.54) is 0 Å². The van der Waals surface area contributed by atoms with E-state index in [-0.39, 0.29) is 24.7 Å². The number of amides is 4. The molecule has 9 nitrogen and oxygen atoms in total. The van der Waals surface area contributed by atoms with Crippen molar-refractivity contribution in [3.63, 3.8) is 0 Å². The minimum atomic E-state index is -0.932. The van der Waals surface area contributed by atoms with Crippen molar-refractivity contribution in [3.05, 3.63) is 46.5 Å². The highest BCUT2D eigenvalue weighted by atomic mass is 32.1. The van der Waals surface area contributed by atoms with E-state index in [2.05, 4.69) is 15.6 Å². The maximum absolute atomic E-state index is 12.5. The predicted molar refractivity (Wildman–Crippen MR) is 110 cm³/mol. The van der Waals surface area contributed by atoms with Crippen molar-refractivity contribution in [1.82, 2.24) is 15.2 Å². The SMILES string of the molecule is CCOC(=O)c1sc(NC(=O)CC2NC(=O)N(CCc3ccccc3)C2=O)nc1C. The summed E-state index contributed by atoms with van der Waals surface area (Å²) in [5, 5.41) is 5.35. The maximum Gasteiger partial charge on any atom is 0.350 e. The lowest BCUT2D eigenvalue weighted by atomic mass is 10.1. The first-order valence-corrected chi connectivity index (χ1v) is 10.3. The van der Waals surface area contributed by atoms with Crippen LogP contribution in [0.3, 0.4) is 0 Å². The van der Waals surface area contributed by atoms with Crippen LogP contribution in [0.15, 0.2) is 30.3 Å². The second kappa shape index (κ2) is 9.49. The van der Waals surface area contributed by atoms with Crippen molar-refractivity contribution in [2.24, 2.45) is 0 Å². The number of nitrogens with one attached hydrogen (secondary N) is 2. The Morgan fingerprint density at radius 1 is 1.27 bits per heavy atom. The largest absolute Gasteiger partial charge is 0.462 e. The lowest BCUT2D eigenvalue weighted by Gasteiger charge is -2.12. The molecule has 158 valence electrons. The quantitative estimate of drug-likeness (QED) is 0.489. The van der Waals surface area contributed by atoms with Gasteiger partial charge in [0.05, 0.1) is 18.7 Å². The van der Waals surface area contributed by atoms with E-state index in [1.807, 2.05) is 30.3 Å². The number of urea groups is 1. The lowest BCUT2D eigenvalue weighted by molar-refractivity contribution is -0.129. The average molecular weight is 430 g/mol. The molecule has 4 amide bonds. The van der Waals surface area contributed by atoms with Gasteiger partial charge in [0.1, 0.15) is 10.9 Å². The Kier molecular flexibility index (Phi) is 6.78. The number of nitrogens with zero attached hydrogens (tertiary/aromatic N) is 2. The van der Waals surface area contributed by atoms with E-state index in [0.29, 0.717) is 17.0 Å². The number of rotatable bonds is 8. The van der Waals surface area contributed by atoms with E-state index >= 15 is 0 Å². The minimum absolute atomic E-state index is 0.222. The first-order valence-electron chi connectivity index (χ1n) is 9.49. The lowest BCUT2D eigenvalue weighted by Crippen LogP contribution is -2.34. The second-order valence-electron chi connectivity index (χ2n) is 6.63. The summed E-state index contributed by atoms with van der Waals surface area (Å²) in [7, 11) is 0. The fourth-order valence-corrected chi connectivity index (χ4v) is 3.88. The molecule has 1 unspecified atom stereocenters. The molecule has 1 atom stereocenters. The molecule has 0 spiro atoms. The molecular formula is C20H22N4O5S. The Morgan fingerprint density at radius 3 is 2.70 bits per heavy atom. The molecular weight excluding hydrogens is 408 g/mol. The summed E-state index contributed by atoms with van der Waals surface area (Å²) in [4.78, 5) is 54.5. The molecule has 1 aliphatic heterocycles. The zero-order chi connectivity index (χ0) is 21.7. The third-order valence-corrected chi connectivity index (χ3v) is 5.52. The molecule has 3 rings (SSSR count). The van der Waals surface area contributed by atoms with Crippen LogP contribution in [0.5, 0.6) is 0 Å². The molecule has 2 N–H and O–H groups in total. The number of esters is 1. The van der Waals surface area contributed by atoms with Crippen molar-refractivity contribution >= 4 is 40.3 Å². The summed E-state index contributed by atoms with van der Waals surface area (Å²) < 4.78 is 4.95. The molecule has 1 aliphatic rings. The van der Waals surface area contributed by atoms with Gasteiger partial charge in [0.25, 0.3) is 5.91 Å². The number of imide groups is 1.